The summed E-state index contributed by atoms with van der Waals surface area (Å²) in [6.45, 7) is 4.36. The minimum atomic E-state index is -4.50. The zero-order chi connectivity index (χ0) is 31.7. The Morgan fingerprint density at radius 2 is 1.95 bits per heavy atom. The van der Waals surface area contributed by atoms with Crippen LogP contribution in [0.5, 0.6) is 0 Å². The first kappa shape index (κ1) is 30.2. The molecule has 4 heterocycles. The molecule has 1 unspecified atom stereocenters. The van der Waals surface area contributed by atoms with Crippen LogP contribution in [0.3, 0.4) is 0 Å². The monoisotopic (exact) mass is 647 g/mol. The third-order valence-corrected chi connectivity index (χ3v) is 10.8. The Balaban J connectivity index is 1.56. The van der Waals surface area contributed by atoms with Crippen LogP contribution < -0.4 is 9.62 Å². The van der Waals surface area contributed by atoms with E-state index in [2.05, 4.69) is 24.9 Å². The molecule has 232 valence electrons. The molecule has 1 aliphatic carbocycles. The van der Waals surface area contributed by atoms with E-state index in [4.69, 9.17) is 0 Å². The second-order valence-electron chi connectivity index (χ2n) is 11.6. The lowest BCUT2D eigenvalue weighted by Gasteiger charge is -2.42. The molecule has 6 rings (SSSR count). The molecule has 2 aliphatic rings. The van der Waals surface area contributed by atoms with Crippen molar-refractivity contribution in [1.82, 2.24) is 34.4 Å². The number of amides is 1. The Morgan fingerprint density at radius 3 is 2.57 bits per heavy atom. The Bertz CT molecular complexity index is 1950. The zero-order valence-corrected chi connectivity index (χ0v) is 25.8. The first-order valence-corrected chi connectivity index (χ1v) is 16.1. The number of carbonyl (C=O) groups excluding carboxylic acids is 1. The second-order valence-corrected chi connectivity index (χ2v) is 14.2. The molecule has 1 N–H and O–H groups in total. The normalized spacial score (nSPS) is 21.6. The Hall–Kier alpha value is -3.88. The maximum atomic E-state index is 15.8. The van der Waals surface area contributed by atoms with E-state index in [1.165, 1.54) is 10.9 Å². The van der Waals surface area contributed by atoms with Gasteiger partial charge in [-0.1, -0.05) is 18.3 Å². The number of rotatable bonds is 7. The molecule has 2 fully saturated rings. The van der Waals surface area contributed by atoms with Crippen LogP contribution in [0.25, 0.3) is 27.1 Å². The largest absolute Gasteiger partial charge is 0.353 e. The van der Waals surface area contributed by atoms with Gasteiger partial charge in [0.15, 0.2) is 10.7 Å². The molecule has 1 saturated carbocycles. The molecule has 44 heavy (non-hydrogen) atoms. The van der Waals surface area contributed by atoms with E-state index in [9.17, 15) is 27.3 Å². The van der Waals surface area contributed by atoms with Crippen molar-refractivity contribution in [2.24, 2.45) is 11.8 Å². The lowest BCUT2D eigenvalue weighted by atomic mass is 9.82. The number of nitriles is 1. The summed E-state index contributed by atoms with van der Waals surface area (Å²) >= 11 is 0.591. The molecule has 12 nitrogen and oxygen atoms in total. The van der Waals surface area contributed by atoms with Gasteiger partial charge in [0.2, 0.25) is 21.1 Å². The molecular weight excluding hydrogens is 619 g/mol. The zero-order valence-electron chi connectivity index (χ0n) is 24.1. The molecule has 0 radical (unpaired) electrons. The molecule has 1 aromatic carbocycles. The Kier molecular flexibility index (Phi) is 7.29. The molecule has 1 saturated heterocycles. The van der Waals surface area contributed by atoms with Crippen molar-refractivity contribution in [1.29, 1.82) is 5.26 Å². The van der Waals surface area contributed by atoms with Crippen LogP contribution in [-0.2, 0) is 14.8 Å². The van der Waals surface area contributed by atoms with Gasteiger partial charge in [-0.3, -0.25) is 9.36 Å². The summed E-state index contributed by atoms with van der Waals surface area (Å²) in [5, 5.41) is 16.9. The van der Waals surface area contributed by atoms with Crippen molar-refractivity contribution in [3.05, 3.63) is 29.3 Å². The molecule has 3 atom stereocenters. The van der Waals surface area contributed by atoms with Crippen LogP contribution in [0.1, 0.15) is 44.5 Å². The molecular formula is C27H28F3N9O3S2. The summed E-state index contributed by atoms with van der Waals surface area (Å²) in [4.78, 5) is 24.7. The van der Waals surface area contributed by atoms with Crippen LogP contribution in [0.2, 0.25) is 0 Å². The number of halogens is 3. The van der Waals surface area contributed by atoms with Crippen LogP contribution >= 0.6 is 11.3 Å². The van der Waals surface area contributed by atoms with Gasteiger partial charge in [0.1, 0.15) is 28.4 Å². The van der Waals surface area contributed by atoms with Gasteiger partial charge in [-0.05, 0) is 44.2 Å². The smallest absolute Gasteiger partial charge is 0.291 e. The quantitative estimate of drug-likeness (QED) is 0.316. The SMILES string of the molecule is C[C@@H]1CC(C(=O)N(C)C)[C@@H](C)CN1c1ncnc2c1c1cc(F)c(S(=O)(=O)NC3(C#N)CC3)cc1n2-c1nnc(C(F)F)s1. The summed E-state index contributed by atoms with van der Waals surface area (Å²) in [6, 6.07) is 3.89. The average molecular weight is 648 g/mol. The lowest BCUT2D eigenvalue weighted by Crippen LogP contribution is -2.49. The number of nitrogens with one attached hydrogen (secondary N) is 1. The van der Waals surface area contributed by atoms with Crippen molar-refractivity contribution < 1.29 is 26.4 Å². The topological polar surface area (TPSA) is 150 Å². The van der Waals surface area contributed by atoms with Crippen molar-refractivity contribution in [2.45, 2.75) is 56.0 Å². The van der Waals surface area contributed by atoms with Gasteiger partial charge in [0.25, 0.3) is 6.43 Å². The number of carbonyl (C=O) groups is 1. The number of alkyl halides is 2. The first-order valence-electron chi connectivity index (χ1n) is 13.8. The Morgan fingerprint density at radius 1 is 1.23 bits per heavy atom. The number of sulfonamides is 1. The number of hydrogen-bond acceptors (Lipinski definition) is 10. The fraction of sp³-hybridized carbons (Fsp3) is 0.481. The highest BCUT2D eigenvalue weighted by molar-refractivity contribution is 7.89. The predicted molar refractivity (Wildman–Crippen MR) is 155 cm³/mol. The molecule has 3 aromatic heterocycles. The van der Waals surface area contributed by atoms with Crippen molar-refractivity contribution >= 4 is 55.0 Å². The van der Waals surface area contributed by atoms with Gasteiger partial charge < -0.3 is 9.80 Å². The summed E-state index contributed by atoms with van der Waals surface area (Å²) in [6.07, 6.45) is -0.498. The molecule has 0 spiro atoms. The van der Waals surface area contributed by atoms with Gasteiger partial charge in [0, 0.05) is 38.0 Å². The van der Waals surface area contributed by atoms with E-state index in [1.807, 2.05) is 24.8 Å². The molecule has 17 heteroatoms. The summed E-state index contributed by atoms with van der Waals surface area (Å²) in [5.41, 5.74) is -0.990. The summed E-state index contributed by atoms with van der Waals surface area (Å²) in [7, 11) is -1.07. The Labute approximate surface area is 254 Å². The maximum Gasteiger partial charge on any atom is 0.291 e. The maximum absolute atomic E-state index is 15.8. The highest BCUT2D eigenvalue weighted by Crippen LogP contribution is 2.42. The number of fused-ring (bicyclic) bond motifs is 3. The number of aromatic nitrogens is 5. The standard InChI is InChI=1S/C27H28F3N9O3S2/c1-13-10-38(14(2)7-15(13)25(40)37(3)4)22-20-16-8-17(28)19(44(41,42)36-27(11-31)5-6-27)9-18(16)39(23(20)33-12-32-22)26-35-34-24(43-26)21(29)30/h8-9,12-15,21,36H,5-7,10H2,1-4H3/t13-,14+,15?/m0/s1. The van der Waals surface area contributed by atoms with Crippen LogP contribution in [0.4, 0.5) is 19.0 Å². The first-order chi connectivity index (χ1) is 20.8. The number of benzene rings is 1. The van der Waals surface area contributed by atoms with Crippen molar-refractivity contribution in [3.8, 4) is 11.2 Å². The van der Waals surface area contributed by atoms with Gasteiger partial charge >= 0.3 is 0 Å². The van der Waals surface area contributed by atoms with E-state index >= 15 is 4.39 Å². The van der Waals surface area contributed by atoms with Crippen LogP contribution in [0, 0.1) is 29.0 Å². The number of nitrogens with zero attached hydrogens (tertiary/aromatic N) is 8. The van der Waals surface area contributed by atoms with Crippen molar-refractivity contribution in [3.63, 3.8) is 0 Å². The third-order valence-electron chi connectivity index (χ3n) is 8.30. The predicted octanol–water partition coefficient (Wildman–Crippen LogP) is 3.78. The minimum Gasteiger partial charge on any atom is -0.353 e. The number of anilines is 1. The summed E-state index contributed by atoms with van der Waals surface area (Å²) < 4.78 is 73.0. The van der Waals surface area contributed by atoms with E-state index in [0.717, 1.165) is 12.1 Å². The minimum absolute atomic E-state index is 0.0216. The highest BCUT2D eigenvalue weighted by Gasteiger charge is 2.47. The van der Waals surface area contributed by atoms with Gasteiger partial charge in [0.05, 0.1) is 17.0 Å². The van der Waals surface area contributed by atoms with Gasteiger partial charge in [-0.2, -0.15) is 9.98 Å². The molecule has 0 bridgehead atoms. The van der Waals surface area contributed by atoms with E-state index in [1.54, 1.807) is 19.0 Å². The molecule has 4 aromatic rings. The average Bonchev–Trinajstić information content (AvgIpc) is 3.41. The number of hydrogen-bond donors (Lipinski definition) is 1. The molecule has 1 aliphatic heterocycles. The lowest BCUT2D eigenvalue weighted by molar-refractivity contribution is -0.135. The van der Waals surface area contributed by atoms with Gasteiger partial charge in [-0.25, -0.2) is 31.6 Å². The highest BCUT2D eigenvalue weighted by atomic mass is 32.2. The molecule has 1 amide bonds. The van der Waals surface area contributed by atoms with Crippen LogP contribution in [0.15, 0.2) is 23.4 Å². The van der Waals surface area contributed by atoms with E-state index in [0.29, 0.717) is 48.3 Å². The van der Waals surface area contributed by atoms with Gasteiger partial charge in [-0.15, -0.1) is 10.2 Å². The van der Waals surface area contributed by atoms with Crippen molar-refractivity contribution in [2.75, 3.05) is 25.5 Å². The fourth-order valence-electron chi connectivity index (χ4n) is 5.83. The third kappa shape index (κ3) is 4.94. The summed E-state index contributed by atoms with van der Waals surface area (Å²) in [5.74, 6) is -0.916. The van der Waals surface area contributed by atoms with Crippen LogP contribution in [-0.4, -0.2) is 76.2 Å². The fourth-order valence-corrected chi connectivity index (χ4v) is 8.00. The number of piperidine rings is 1. The second kappa shape index (κ2) is 10.6. The van der Waals surface area contributed by atoms with E-state index in [-0.39, 0.29) is 45.5 Å². The van der Waals surface area contributed by atoms with E-state index < -0.39 is 37.7 Å².